The summed E-state index contributed by atoms with van der Waals surface area (Å²) < 4.78 is 16.3. The lowest BCUT2D eigenvalue weighted by Gasteiger charge is -2.22. The topological polar surface area (TPSA) is 145 Å². The average molecular weight is 443 g/mol. The Bertz CT molecular complexity index is 1350. The molecule has 0 bridgehead atoms. The summed E-state index contributed by atoms with van der Waals surface area (Å²) in [6.07, 6.45) is 1.70. The van der Waals surface area contributed by atoms with Gasteiger partial charge < -0.3 is 11.5 Å². The van der Waals surface area contributed by atoms with Gasteiger partial charge in [-0.3, -0.25) is 4.98 Å². The molecular formula is C23H22FN9. The zero-order chi connectivity index (χ0) is 23.6. The smallest absolute Gasteiger partial charge is 0.221 e. The van der Waals surface area contributed by atoms with Crippen molar-refractivity contribution in [2.45, 2.75) is 25.8 Å². The van der Waals surface area contributed by atoms with Gasteiger partial charge in [-0.2, -0.15) is 5.26 Å². The van der Waals surface area contributed by atoms with E-state index < -0.39 is 5.82 Å². The molecule has 0 unspecified atom stereocenters. The van der Waals surface area contributed by atoms with Gasteiger partial charge in [-0.25, -0.2) is 19.0 Å². The van der Waals surface area contributed by atoms with Crippen molar-refractivity contribution in [3.8, 4) is 28.7 Å². The molecule has 0 amide bonds. The Hall–Kier alpha value is -4.23. The van der Waals surface area contributed by atoms with E-state index in [0.29, 0.717) is 24.5 Å². The number of nitrogens with zero attached hydrogens (tertiary/aromatic N) is 7. The number of halogens is 1. The first-order chi connectivity index (χ1) is 15.8. The summed E-state index contributed by atoms with van der Waals surface area (Å²) in [6, 6.07) is 13.7. The van der Waals surface area contributed by atoms with Crippen molar-refractivity contribution >= 4 is 5.95 Å². The van der Waals surface area contributed by atoms with Gasteiger partial charge in [0.2, 0.25) is 5.95 Å². The van der Waals surface area contributed by atoms with Crippen molar-refractivity contribution in [2.24, 2.45) is 5.73 Å². The number of nitriles is 1. The highest BCUT2D eigenvalue weighted by atomic mass is 19.1. The number of hydrogen-bond acceptors (Lipinski definition) is 8. The highest BCUT2D eigenvalue weighted by Gasteiger charge is 2.20. The molecule has 1 aromatic carbocycles. The van der Waals surface area contributed by atoms with Crippen molar-refractivity contribution in [1.82, 2.24) is 29.9 Å². The number of rotatable bonds is 6. The first-order valence-electron chi connectivity index (χ1n) is 10.2. The van der Waals surface area contributed by atoms with E-state index in [1.54, 1.807) is 23.0 Å². The average Bonchev–Trinajstić information content (AvgIpc) is 3.27. The maximum Gasteiger partial charge on any atom is 0.221 e. The molecule has 0 spiro atoms. The van der Waals surface area contributed by atoms with Gasteiger partial charge in [0.05, 0.1) is 35.4 Å². The van der Waals surface area contributed by atoms with Crippen molar-refractivity contribution in [1.29, 1.82) is 5.26 Å². The lowest BCUT2D eigenvalue weighted by Crippen LogP contribution is -2.29. The third-order valence-corrected chi connectivity index (χ3v) is 5.27. The number of anilines is 1. The highest BCUT2D eigenvalue weighted by molar-refractivity contribution is 5.68. The Morgan fingerprint density at radius 2 is 1.82 bits per heavy atom. The van der Waals surface area contributed by atoms with E-state index in [0.717, 1.165) is 11.4 Å². The van der Waals surface area contributed by atoms with Crippen LogP contribution >= 0.6 is 0 Å². The first kappa shape index (κ1) is 22.0. The Labute approximate surface area is 189 Å². The molecule has 0 aliphatic rings. The maximum atomic E-state index is 14.6. The minimum absolute atomic E-state index is 0.0443. The van der Waals surface area contributed by atoms with E-state index in [1.165, 1.54) is 12.1 Å². The van der Waals surface area contributed by atoms with Crippen LogP contribution in [0, 0.1) is 17.1 Å². The monoisotopic (exact) mass is 443 g/mol. The van der Waals surface area contributed by atoms with Crippen LogP contribution in [-0.2, 0) is 12.0 Å². The molecule has 33 heavy (non-hydrogen) atoms. The molecule has 166 valence electrons. The molecule has 9 nitrogen and oxygen atoms in total. The molecule has 0 saturated heterocycles. The number of nitrogens with two attached hydrogens (primary N) is 2. The van der Waals surface area contributed by atoms with Gasteiger partial charge >= 0.3 is 0 Å². The van der Waals surface area contributed by atoms with Crippen LogP contribution in [0.15, 0.2) is 48.7 Å². The largest absolute Gasteiger partial charge is 0.368 e. The van der Waals surface area contributed by atoms with E-state index in [2.05, 4.69) is 20.3 Å². The van der Waals surface area contributed by atoms with Gasteiger partial charge in [-0.1, -0.05) is 31.2 Å². The normalized spacial score (nSPS) is 11.4. The van der Waals surface area contributed by atoms with E-state index in [1.807, 2.05) is 38.1 Å². The van der Waals surface area contributed by atoms with Crippen LogP contribution in [0.5, 0.6) is 0 Å². The van der Waals surface area contributed by atoms with Crippen molar-refractivity contribution in [2.75, 3.05) is 12.3 Å². The molecule has 4 rings (SSSR count). The molecule has 0 radical (unpaired) electrons. The Balaban J connectivity index is 1.64. The van der Waals surface area contributed by atoms with Crippen LogP contribution in [0.4, 0.5) is 10.3 Å². The third kappa shape index (κ3) is 4.53. The SMILES string of the molecule is CC(C)(CN)c1cccc(Cn2cc(-c3cc(-c4cccc(C#N)c4F)nc(N)n3)nn2)n1. The zero-order valence-corrected chi connectivity index (χ0v) is 18.2. The Morgan fingerprint density at radius 3 is 2.58 bits per heavy atom. The van der Waals surface area contributed by atoms with Gasteiger partial charge in [0, 0.05) is 23.2 Å². The van der Waals surface area contributed by atoms with Crippen LogP contribution in [-0.4, -0.2) is 36.5 Å². The molecule has 0 aliphatic heterocycles. The number of benzene rings is 1. The molecule has 0 aliphatic carbocycles. The van der Waals surface area contributed by atoms with E-state index in [-0.39, 0.29) is 28.2 Å². The quantitative estimate of drug-likeness (QED) is 0.462. The Kier molecular flexibility index (Phi) is 5.81. The minimum Gasteiger partial charge on any atom is -0.368 e. The van der Waals surface area contributed by atoms with Gasteiger partial charge in [0.15, 0.2) is 0 Å². The molecule has 3 heterocycles. The van der Waals surface area contributed by atoms with E-state index in [4.69, 9.17) is 21.7 Å². The summed E-state index contributed by atoms with van der Waals surface area (Å²) in [6.45, 7) is 4.96. The molecule has 4 N–H and O–H groups in total. The van der Waals surface area contributed by atoms with Gasteiger partial charge in [0.1, 0.15) is 17.6 Å². The predicted octanol–water partition coefficient (Wildman–Crippen LogP) is 2.67. The molecular weight excluding hydrogens is 421 g/mol. The second kappa shape index (κ2) is 8.72. The van der Waals surface area contributed by atoms with Gasteiger partial charge in [0.25, 0.3) is 0 Å². The number of nitrogen functional groups attached to an aromatic ring is 1. The standard InChI is InChI=1S/C23H22FN9/c1-23(2,13-26)20-8-4-6-15(28-20)11-33-12-19(31-32-33)18-9-17(29-22(27)30-18)16-7-3-5-14(10-25)21(16)24/h3-9,12H,11,13,26H2,1-2H3,(H2,27,29,30). The molecule has 3 aromatic heterocycles. The molecule has 4 aromatic rings. The number of aromatic nitrogens is 6. The van der Waals surface area contributed by atoms with Crippen molar-refractivity contribution in [3.05, 3.63) is 71.4 Å². The van der Waals surface area contributed by atoms with Crippen LogP contribution in [0.3, 0.4) is 0 Å². The molecule has 0 saturated carbocycles. The van der Waals surface area contributed by atoms with Crippen LogP contribution in [0.2, 0.25) is 0 Å². The van der Waals surface area contributed by atoms with E-state index in [9.17, 15) is 4.39 Å². The lowest BCUT2D eigenvalue weighted by molar-refractivity contribution is 0.516. The second-order valence-corrected chi connectivity index (χ2v) is 8.18. The summed E-state index contributed by atoms with van der Waals surface area (Å²) in [5.41, 5.74) is 14.4. The number of pyridine rings is 1. The zero-order valence-electron chi connectivity index (χ0n) is 18.2. The van der Waals surface area contributed by atoms with E-state index >= 15 is 0 Å². The summed E-state index contributed by atoms with van der Waals surface area (Å²) in [5.74, 6) is -0.712. The maximum absolute atomic E-state index is 14.6. The fourth-order valence-corrected chi connectivity index (χ4v) is 3.26. The summed E-state index contributed by atoms with van der Waals surface area (Å²) >= 11 is 0. The van der Waals surface area contributed by atoms with Gasteiger partial charge in [-0.05, 0) is 30.3 Å². The van der Waals surface area contributed by atoms with Crippen molar-refractivity contribution < 1.29 is 4.39 Å². The van der Waals surface area contributed by atoms with Crippen LogP contribution in [0.1, 0.15) is 30.8 Å². The molecule has 0 fully saturated rings. The highest BCUT2D eigenvalue weighted by Crippen LogP contribution is 2.27. The predicted molar refractivity (Wildman–Crippen MR) is 121 cm³/mol. The molecule has 10 heteroatoms. The fourth-order valence-electron chi connectivity index (χ4n) is 3.26. The lowest BCUT2D eigenvalue weighted by atomic mass is 9.89. The van der Waals surface area contributed by atoms with Gasteiger partial charge in [-0.15, -0.1) is 5.10 Å². The molecule has 0 atom stereocenters. The summed E-state index contributed by atoms with van der Waals surface area (Å²) in [5, 5.41) is 17.4. The number of hydrogen-bond donors (Lipinski definition) is 2. The minimum atomic E-state index is -0.668. The third-order valence-electron chi connectivity index (χ3n) is 5.27. The van der Waals surface area contributed by atoms with Crippen LogP contribution in [0.25, 0.3) is 22.6 Å². The fraction of sp³-hybridized carbons (Fsp3) is 0.217. The first-order valence-corrected chi connectivity index (χ1v) is 10.2. The Morgan fingerprint density at radius 1 is 1.06 bits per heavy atom. The summed E-state index contributed by atoms with van der Waals surface area (Å²) in [7, 11) is 0. The second-order valence-electron chi connectivity index (χ2n) is 8.18. The summed E-state index contributed by atoms with van der Waals surface area (Å²) in [4.78, 5) is 13.0. The van der Waals surface area contributed by atoms with Crippen molar-refractivity contribution in [3.63, 3.8) is 0 Å². The van der Waals surface area contributed by atoms with Crippen LogP contribution < -0.4 is 11.5 Å².